The third-order valence-electron chi connectivity index (χ3n) is 3.16. The van der Waals surface area contributed by atoms with Gasteiger partial charge < -0.3 is 10.1 Å². The van der Waals surface area contributed by atoms with Crippen molar-refractivity contribution in [3.63, 3.8) is 0 Å². The minimum Gasteiger partial charge on any atom is -0.376 e. The number of hydrogen-bond acceptors (Lipinski definition) is 2. The molecular formula is C14H19NO2. The average molecular weight is 233 g/mol. The van der Waals surface area contributed by atoms with Crippen molar-refractivity contribution in [1.29, 1.82) is 0 Å². The fraction of sp³-hybridized carbons (Fsp3) is 0.500. The minimum atomic E-state index is -0.0169. The first-order valence-electron chi connectivity index (χ1n) is 6.16. The van der Waals surface area contributed by atoms with Crippen LogP contribution in [-0.4, -0.2) is 24.7 Å². The molecule has 1 amide bonds. The summed E-state index contributed by atoms with van der Waals surface area (Å²) in [6.45, 7) is 4.80. The Balaban J connectivity index is 1.96. The standard InChI is InChI=1S/C14H19NO2/c1-10-5-3-6-12(9-10)14(16)15-11(2)13-7-4-8-17-13/h3,5-6,9,11,13H,4,7-8H2,1-2H3,(H,15,16)/t11-,13-/m1/s1. The number of carbonyl (C=O) groups excluding carboxylic acids is 1. The van der Waals surface area contributed by atoms with Gasteiger partial charge in [0.1, 0.15) is 0 Å². The number of hydrogen-bond donors (Lipinski definition) is 1. The van der Waals surface area contributed by atoms with E-state index in [-0.39, 0.29) is 18.1 Å². The third-order valence-corrected chi connectivity index (χ3v) is 3.16. The van der Waals surface area contributed by atoms with Gasteiger partial charge in [0.15, 0.2) is 0 Å². The molecule has 1 saturated heterocycles. The molecule has 0 bridgehead atoms. The van der Waals surface area contributed by atoms with E-state index in [1.54, 1.807) is 0 Å². The number of ether oxygens (including phenoxy) is 1. The Labute approximate surface area is 102 Å². The molecule has 17 heavy (non-hydrogen) atoms. The molecule has 1 aliphatic rings. The fourth-order valence-corrected chi connectivity index (χ4v) is 2.17. The lowest BCUT2D eigenvalue weighted by Gasteiger charge is -2.20. The number of aryl methyl sites for hydroxylation is 1. The molecule has 0 aliphatic carbocycles. The highest BCUT2D eigenvalue weighted by Crippen LogP contribution is 2.15. The topological polar surface area (TPSA) is 38.3 Å². The molecule has 1 N–H and O–H groups in total. The molecule has 0 radical (unpaired) electrons. The summed E-state index contributed by atoms with van der Waals surface area (Å²) in [5.41, 5.74) is 1.82. The third kappa shape index (κ3) is 3.07. The van der Waals surface area contributed by atoms with Crippen LogP contribution in [0.15, 0.2) is 24.3 Å². The summed E-state index contributed by atoms with van der Waals surface area (Å²) in [5, 5.41) is 3.00. The van der Waals surface area contributed by atoms with E-state index in [1.807, 2.05) is 38.1 Å². The van der Waals surface area contributed by atoms with Crippen LogP contribution in [0.25, 0.3) is 0 Å². The maximum Gasteiger partial charge on any atom is 0.251 e. The van der Waals surface area contributed by atoms with Crippen LogP contribution in [0.5, 0.6) is 0 Å². The largest absolute Gasteiger partial charge is 0.376 e. The van der Waals surface area contributed by atoms with Gasteiger partial charge in [-0.1, -0.05) is 17.7 Å². The van der Waals surface area contributed by atoms with Crippen molar-refractivity contribution < 1.29 is 9.53 Å². The van der Waals surface area contributed by atoms with Crippen molar-refractivity contribution in [3.05, 3.63) is 35.4 Å². The molecule has 1 fully saturated rings. The molecule has 1 aromatic carbocycles. The number of benzene rings is 1. The van der Waals surface area contributed by atoms with Gasteiger partial charge in [-0.15, -0.1) is 0 Å². The van der Waals surface area contributed by atoms with E-state index in [1.165, 1.54) is 0 Å². The molecule has 2 rings (SSSR count). The van der Waals surface area contributed by atoms with E-state index in [4.69, 9.17) is 4.74 Å². The lowest BCUT2D eigenvalue weighted by atomic mass is 10.1. The van der Waals surface area contributed by atoms with Gasteiger partial charge in [-0.3, -0.25) is 4.79 Å². The molecular weight excluding hydrogens is 214 g/mol. The average Bonchev–Trinajstić information content (AvgIpc) is 2.82. The molecule has 1 aliphatic heterocycles. The van der Waals surface area contributed by atoms with Crippen LogP contribution >= 0.6 is 0 Å². The Morgan fingerprint density at radius 2 is 2.35 bits per heavy atom. The van der Waals surface area contributed by atoms with Crippen molar-refractivity contribution in [2.45, 2.75) is 38.8 Å². The van der Waals surface area contributed by atoms with Crippen LogP contribution < -0.4 is 5.32 Å². The minimum absolute atomic E-state index is 0.0169. The molecule has 3 heteroatoms. The van der Waals surface area contributed by atoms with Crippen LogP contribution in [0.3, 0.4) is 0 Å². The van der Waals surface area contributed by atoms with E-state index in [9.17, 15) is 4.79 Å². The zero-order valence-electron chi connectivity index (χ0n) is 10.4. The molecule has 0 aromatic heterocycles. The van der Waals surface area contributed by atoms with Crippen molar-refractivity contribution in [3.8, 4) is 0 Å². The lowest BCUT2D eigenvalue weighted by Crippen LogP contribution is -2.40. The van der Waals surface area contributed by atoms with Crippen LogP contribution in [0, 0.1) is 6.92 Å². The smallest absolute Gasteiger partial charge is 0.251 e. The predicted octanol–water partition coefficient (Wildman–Crippen LogP) is 2.29. The van der Waals surface area contributed by atoms with Crippen molar-refractivity contribution >= 4 is 5.91 Å². The van der Waals surface area contributed by atoms with Crippen LogP contribution in [-0.2, 0) is 4.74 Å². The Hall–Kier alpha value is -1.35. The van der Waals surface area contributed by atoms with Crippen LogP contribution in [0.4, 0.5) is 0 Å². The molecule has 2 atom stereocenters. The van der Waals surface area contributed by atoms with Crippen LogP contribution in [0.2, 0.25) is 0 Å². The fourth-order valence-electron chi connectivity index (χ4n) is 2.17. The van der Waals surface area contributed by atoms with Crippen molar-refractivity contribution in [2.75, 3.05) is 6.61 Å². The molecule has 0 saturated carbocycles. The van der Waals surface area contributed by atoms with Gasteiger partial charge in [-0.25, -0.2) is 0 Å². The summed E-state index contributed by atoms with van der Waals surface area (Å²) in [7, 11) is 0. The Bertz CT molecular complexity index is 397. The van der Waals surface area contributed by atoms with Gasteiger partial charge in [-0.2, -0.15) is 0 Å². The number of amides is 1. The van der Waals surface area contributed by atoms with E-state index >= 15 is 0 Å². The summed E-state index contributed by atoms with van der Waals surface area (Å²) in [6, 6.07) is 7.70. The SMILES string of the molecule is Cc1cccc(C(=O)N[C@H](C)[C@H]2CCCO2)c1. The summed E-state index contributed by atoms with van der Waals surface area (Å²) in [6.07, 6.45) is 2.30. The highest BCUT2D eigenvalue weighted by atomic mass is 16.5. The number of nitrogens with one attached hydrogen (secondary N) is 1. The first kappa shape index (κ1) is 12.1. The molecule has 3 nitrogen and oxygen atoms in total. The Morgan fingerprint density at radius 3 is 3.00 bits per heavy atom. The van der Waals surface area contributed by atoms with Gasteiger partial charge in [0.25, 0.3) is 5.91 Å². The van der Waals surface area contributed by atoms with Gasteiger partial charge in [0.2, 0.25) is 0 Å². The van der Waals surface area contributed by atoms with Gasteiger partial charge in [0.05, 0.1) is 12.1 Å². The zero-order valence-corrected chi connectivity index (χ0v) is 10.4. The molecule has 0 unspecified atom stereocenters. The Morgan fingerprint density at radius 1 is 1.53 bits per heavy atom. The van der Waals surface area contributed by atoms with Gasteiger partial charge >= 0.3 is 0 Å². The van der Waals surface area contributed by atoms with Gasteiger partial charge in [-0.05, 0) is 38.8 Å². The van der Waals surface area contributed by atoms with Gasteiger partial charge in [0, 0.05) is 12.2 Å². The number of rotatable bonds is 3. The van der Waals surface area contributed by atoms with E-state index < -0.39 is 0 Å². The molecule has 0 spiro atoms. The summed E-state index contributed by atoms with van der Waals surface area (Å²) in [5.74, 6) is -0.0169. The molecule has 1 heterocycles. The molecule has 92 valence electrons. The quantitative estimate of drug-likeness (QED) is 0.870. The monoisotopic (exact) mass is 233 g/mol. The highest BCUT2D eigenvalue weighted by Gasteiger charge is 2.23. The maximum absolute atomic E-state index is 12.0. The second kappa shape index (κ2) is 5.32. The van der Waals surface area contributed by atoms with E-state index in [0.717, 1.165) is 30.6 Å². The molecule has 1 aromatic rings. The first-order chi connectivity index (χ1) is 8.16. The maximum atomic E-state index is 12.0. The second-order valence-electron chi connectivity index (χ2n) is 4.68. The Kier molecular flexibility index (Phi) is 3.79. The van der Waals surface area contributed by atoms with Crippen molar-refractivity contribution in [1.82, 2.24) is 5.32 Å². The van der Waals surface area contributed by atoms with Crippen molar-refractivity contribution in [2.24, 2.45) is 0 Å². The van der Waals surface area contributed by atoms with Crippen LogP contribution in [0.1, 0.15) is 35.7 Å². The van der Waals surface area contributed by atoms with E-state index in [2.05, 4.69) is 5.32 Å². The normalized spacial score (nSPS) is 21.2. The first-order valence-corrected chi connectivity index (χ1v) is 6.16. The summed E-state index contributed by atoms with van der Waals surface area (Å²) >= 11 is 0. The second-order valence-corrected chi connectivity index (χ2v) is 4.68. The number of carbonyl (C=O) groups is 1. The van der Waals surface area contributed by atoms with E-state index in [0.29, 0.717) is 0 Å². The summed E-state index contributed by atoms with van der Waals surface area (Å²) in [4.78, 5) is 12.0. The zero-order chi connectivity index (χ0) is 12.3. The predicted molar refractivity (Wildman–Crippen MR) is 67.1 cm³/mol. The summed E-state index contributed by atoms with van der Waals surface area (Å²) < 4.78 is 5.56. The highest BCUT2D eigenvalue weighted by molar-refractivity contribution is 5.94. The lowest BCUT2D eigenvalue weighted by molar-refractivity contribution is 0.0712.